The summed E-state index contributed by atoms with van der Waals surface area (Å²) in [6.45, 7) is 2.00. The maximum Gasteiger partial charge on any atom is 0.336 e. The van der Waals surface area contributed by atoms with Crippen LogP contribution >= 0.6 is 0 Å². The Morgan fingerprint density at radius 2 is 2.00 bits per heavy atom. The third-order valence-electron chi connectivity index (χ3n) is 2.93. The van der Waals surface area contributed by atoms with E-state index < -0.39 is 0 Å². The summed E-state index contributed by atoms with van der Waals surface area (Å²) in [6, 6.07) is 8.82. The molecule has 0 spiro atoms. The second kappa shape index (κ2) is 5.13. The molecule has 20 heavy (non-hydrogen) atoms. The molecule has 100 valence electrons. The highest BCUT2D eigenvalue weighted by Crippen LogP contribution is 2.25. The number of hydrogen-bond acceptors (Lipinski definition) is 5. The van der Waals surface area contributed by atoms with Gasteiger partial charge in [-0.15, -0.1) is 0 Å². The summed E-state index contributed by atoms with van der Waals surface area (Å²) in [5.41, 5.74) is 1.10. The molecule has 0 saturated heterocycles. The lowest BCUT2D eigenvalue weighted by Gasteiger charge is -2.06. The molecule has 2 heterocycles. The second-order valence-electron chi connectivity index (χ2n) is 4.24. The quantitative estimate of drug-likeness (QED) is 0.683. The van der Waals surface area contributed by atoms with Crippen LogP contribution in [0, 0.1) is 0 Å². The van der Waals surface area contributed by atoms with Crippen molar-refractivity contribution in [3.63, 3.8) is 0 Å². The molecule has 5 heteroatoms. The number of hydrogen-bond donors (Lipinski definition) is 0. The summed E-state index contributed by atoms with van der Waals surface area (Å²) < 4.78 is 10.7. The number of aryl methyl sites for hydroxylation is 1. The van der Waals surface area contributed by atoms with E-state index in [0.29, 0.717) is 11.3 Å². The van der Waals surface area contributed by atoms with Gasteiger partial charge in [-0.1, -0.05) is 6.92 Å². The standard InChI is InChI=1S/C15H12N2O3/c1-2-10-8-14(18)20-13-9-11(4-5-12(10)13)19-15-16-6-3-7-17-15/h3-9H,2H2,1H3. The number of fused-ring (bicyclic) bond motifs is 1. The molecule has 0 aliphatic rings. The molecule has 5 nitrogen and oxygen atoms in total. The fraction of sp³-hybridized carbons (Fsp3) is 0.133. The van der Waals surface area contributed by atoms with E-state index in [1.807, 2.05) is 13.0 Å². The van der Waals surface area contributed by atoms with Crippen LogP contribution in [0.1, 0.15) is 12.5 Å². The largest absolute Gasteiger partial charge is 0.424 e. The van der Waals surface area contributed by atoms with Crippen LogP contribution in [0.4, 0.5) is 0 Å². The van der Waals surface area contributed by atoms with Crippen molar-refractivity contribution in [1.29, 1.82) is 0 Å². The first-order chi connectivity index (χ1) is 9.76. The minimum atomic E-state index is -0.359. The molecule has 0 aliphatic heterocycles. The smallest absolute Gasteiger partial charge is 0.336 e. The normalized spacial score (nSPS) is 10.7. The Bertz CT molecular complexity index is 797. The van der Waals surface area contributed by atoms with Crippen LogP contribution in [-0.2, 0) is 6.42 Å². The number of ether oxygens (including phenoxy) is 1. The summed E-state index contributed by atoms with van der Waals surface area (Å²) >= 11 is 0. The van der Waals surface area contributed by atoms with Crippen LogP contribution in [0.15, 0.2) is 51.9 Å². The monoisotopic (exact) mass is 268 g/mol. The van der Waals surface area contributed by atoms with Gasteiger partial charge in [0.05, 0.1) is 0 Å². The van der Waals surface area contributed by atoms with Gasteiger partial charge in [0.2, 0.25) is 0 Å². The van der Waals surface area contributed by atoms with Crippen molar-refractivity contribution in [3.8, 4) is 11.8 Å². The van der Waals surface area contributed by atoms with Gasteiger partial charge in [-0.05, 0) is 30.2 Å². The van der Waals surface area contributed by atoms with E-state index in [4.69, 9.17) is 9.15 Å². The first-order valence-electron chi connectivity index (χ1n) is 6.28. The molecular formula is C15H12N2O3. The van der Waals surface area contributed by atoms with Gasteiger partial charge in [0.15, 0.2) is 0 Å². The molecule has 0 bridgehead atoms. The maximum absolute atomic E-state index is 11.5. The Morgan fingerprint density at radius 3 is 2.75 bits per heavy atom. The second-order valence-corrected chi connectivity index (χ2v) is 4.24. The lowest BCUT2D eigenvalue weighted by atomic mass is 10.1. The lowest BCUT2D eigenvalue weighted by molar-refractivity contribution is 0.440. The van der Waals surface area contributed by atoms with Crippen molar-refractivity contribution in [1.82, 2.24) is 9.97 Å². The van der Waals surface area contributed by atoms with Crippen LogP contribution in [0.3, 0.4) is 0 Å². The Balaban J connectivity index is 2.05. The van der Waals surface area contributed by atoms with Crippen LogP contribution in [0.5, 0.6) is 11.8 Å². The van der Waals surface area contributed by atoms with Crippen molar-refractivity contribution in [2.24, 2.45) is 0 Å². The van der Waals surface area contributed by atoms with Gasteiger partial charge in [-0.25, -0.2) is 14.8 Å². The molecule has 0 saturated carbocycles. The van der Waals surface area contributed by atoms with Gasteiger partial charge < -0.3 is 9.15 Å². The zero-order chi connectivity index (χ0) is 13.9. The van der Waals surface area contributed by atoms with E-state index in [0.717, 1.165) is 17.4 Å². The van der Waals surface area contributed by atoms with Crippen LogP contribution in [0.2, 0.25) is 0 Å². The first kappa shape index (κ1) is 12.3. The zero-order valence-corrected chi connectivity index (χ0v) is 10.9. The molecule has 0 amide bonds. The van der Waals surface area contributed by atoms with E-state index in [9.17, 15) is 4.79 Å². The minimum absolute atomic E-state index is 0.251. The molecule has 3 rings (SSSR count). The molecule has 3 aromatic rings. The van der Waals surface area contributed by atoms with Gasteiger partial charge in [0.1, 0.15) is 11.3 Å². The highest BCUT2D eigenvalue weighted by atomic mass is 16.5. The number of benzene rings is 1. The average Bonchev–Trinajstić information content (AvgIpc) is 2.47. The van der Waals surface area contributed by atoms with Crippen molar-refractivity contribution >= 4 is 11.0 Å². The minimum Gasteiger partial charge on any atom is -0.424 e. The van der Waals surface area contributed by atoms with Crippen LogP contribution in [-0.4, -0.2) is 9.97 Å². The van der Waals surface area contributed by atoms with Crippen LogP contribution < -0.4 is 10.4 Å². The van der Waals surface area contributed by atoms with Crippen LogP contribution in [0.25, 0.3) is 11.0 Å². The van der Waals surface area contributed by atoms with Gasteiger partial charge in [-0.3, -0.25) is 0 Å². The molecule has 2 aromatic heterocycles. The fourth-order valence-electron chi connectivity index (χ4n) is 2.01. The Kier molecular flexibility index (Phi) is 3.16. The molecule has 0 atom stereocenters. The zero-order valence-electron chi connectivity index (χ0n) is 10.9. The fourth-order valence-corrected chi connectivity index (χ4v) is 2.01. The molecule has 0 aliphatic carbocycles. The molecule has 0 radical (unpaired) electrons. The topological polar surface area (TPSA) is 65.2 Å². The SMILES string of the molecule is CCc1cc(=O)oc2cc(Oc3ncccn3)ccc12. The van der Waals surface area contributed by atoms with Gasteiger partial charge in [0.25, 0.3) is 0 Å². The van der Waals surface area contributed by atoms with E-state index in [1.54, 1.807) is 30.6 Å². The highest BCUT2D eigenvalue weighted by molar-refractivity contribution is 5.81. The molecule has 0 N–H and O–H groups in total. The number of rotatable bonds is 3. The Morgan fingerprint density at radius 1 is 1.20 bits per heavy atom. The van der Waals surface area contributed by atoms with Gasteiger partial charge >= 0.3 is 11.6 Å². The van der Waals surface area contributed by atoms with E-state index >= 15 is 0 Å². The molecule has 1 aromatic carbocycles. The van der Waals surface area contributed by atoms with Gasteiger partial charge in [-0.2, -0.15) is 0 Å². The Labute approximate surface area is 114 Å². The lowest BCUT2D eigenvalue weighted by Crippen LogP contribution is -2.00. The maximum atomic E-state index is 11.5. The predicted molar refractivity (Wildman–Crippen MR) is 74.0 cm³/mol. The van der Waals surface area contributed by atoms with Crippen molar-refractivity contribution in [2.45, 2.75) is 13.3 Å². The summed E-state index contributed by atoms with van der Waals surface area (Å²) in [5.74, 6) is 0.528. The van der Waals surface area contributed by atoms with E-state index in [2.05, 4.69) is 9.97 Å². The summed E-state index contributed by atoms with van der Waals surface area (Å²) in [5, 5.41) is 0.911. The summed E-state index contributed by atoms with van der Waals surface area (Å²) in [6.07, 6.45) is 3.96. The Hall–Kier alpha value is -2.69. The van der Waals surface area contributed by atoms with Crippen molar-refractivity contribution < 1.29 is 9.15 Å². The first-order valence-corrected chi connectivity index (χ1v) is 6.28. The van der Waals surface area contributed by atoms with E-state index in [1.165, 1.54) is 6.07 Å². The number of aromatic nitrogens is 2. The third-order valence-corrected chi connectivity index (χ3v) is 2.93. The summed E-state index contributed by atoms with van der Waals surface area (Å²) in [4.78, 5) is 19.5. The van der Waals surface area contributed by atoms with Crippen molar-refractivity contribution in [2.75, 3.05) is 0 Å². The number of nitrogens with zero attached hydrogens (tertiary/aromatic N) is 2. The molecule has 0 unspecified atom stereocenters. The highest BCUT2D eigenvalue weighted by Gasteiger charge is 2.07. The van der Waals surface area contributed by atoms with E-state index in [-0.39, 0.29) is 11.6 Å². The van der Waals surface area contributed by atoms with Crippen molar-refractivity contribution in [3.05, 3.63) is 58.7 Å². The molecular weight excluding hydrogens is 256 g/mol. The van der Waals surface area contributed by atoms with Gasteiger partial charge in [0, 0.05) is 29.9 Å². The summed E-state index contributed by atoms with van der Waals surface area (Å²) in [7, 11) is 0. The average molecular weight is 268 g/mol. The molecule has 0 fully saturated rings. The third kappa shape index (κ3) is 2.38. The predicted octanol–water partition coefficient (Wildman–Crippen LogP) is 2.94.